The number of hydrogen-bond donors (Lipinski definition) is 2. The fourth-order valence-corrected chi connectivity index (χ4v) is 6.85. The van der Waals surface area contributed by atoms with Crippen molar-refractivity contribution in [3.63, 3.8) is 0 Å². The Kier molecular flexibility index (Phi) is 6.17. The van der Waals surface area contributed by atoms with E-state index >= 15 is 4.39 Å². The third-order valence-electron chi connectivity index (χ3n) is 8.80. The number of nitrogens with zero attached hydrogens (tertiary/aromatic N) is 4. The molecule has 0 aliphatic carbocycles. The Labute approximate surface area is 225 Å². The maximum absolute atomic E-state index is 16.4. The summed E-state index contributed by atoms with van der Waals surface area (Å²) in [6.45, 7) is 3.28. The molecule has 202 valence electrons. The molecule has 3 saturated heterocycles. The van der Waals surface area contributed by atoms with Gasteiger partial charge in [-0.1, -0.05) is 30.3 Å². The lowest BCUT2D eigenvalue weighted by molar-refractivity contribution is 0.0927. The summed E-state index contributed by atoms with van der Waals surface area (Å²) in [7, 11) is 0. The molecule has 0 amide bonds. The average molecular weight is 532 g/mol. The first-order chi connectivity index (χ1) is 19.0. The van der Waals surface area contributed by atoms with E-state index in [0.717, 1.165) is 45.2 Å². The van der Waals surface area contributed by atoms with Crippen molar-refractivity contribution in [1.29, 1.82) is 0 Å². The molecule has 4 aromatic rings. The van der Waals surface area contributed by atoms with Crippen LogP contribution in [0.1, 0.15) is 50.3 Å². The summed E-state index contributed by atoms with van der Waals surface area (Å²) in [5.74, 6) is -1.10. The maximum Gasteiger partial charge on any atom is 0.317 e. The first-order valence-corrected chi connectivity index (χ1v) is 13.9. The van der Waals surface area contributed by atoms with Crippen LogP contribution in [0.2, 0.25) is 0 Å². The Morgan fingerprint density at radius 2 is 1.85 bits per heavy atom. The van der Waals surface area contributed by atoms with Gasteiger partial charge in [-0.2, -0.15) is 9.97 Å². The lowest BCUT2D eigenvalue weighted by Crippen LogP contribution is -2.43. The Morgan fingerprint density at radius 3 is 2.64 bits per heavy atom. The zero-order valence-electron chi connectivity index (χ0n) is 21.7. The van der Waals surface area contributed by atoms with Crippen LogP contribution in [0.15, 0.2) is 42.6 Å². The first-order valence-electron chi connectivity index (χ1n) is 13.9. The molecule has 39 heavy (non-hydrogen) atoms. The molecular weight excluding hydrogens is 500 g/mol. The molecule has 7 nitrogen and oxygen atoms in total. The van der Waals surface area contributed by atoms with E-state index in [1.165, 1.54) is 12.3 Å². The largest absolute Gasteiger partial charge is 0.461 e. The van der Waals surface area contributed by atoms with Crippen LogP contribution >= 0.6 is 0 Å². The standard InChI is InChI=1S/C30H31F2N5O2/c31-21-9-2-7-18-6-1-8-19(23(18)21)25-24(32)26-20(16-34-25)27(28-22(38)10-3-13-33-28)36-29(35-26)39-17-30-11-4-14-37(30)15-5-12-30/h1-2,6-9,16,22,28,33,38H,3-5,10-15,17H2. The number of fused-ring (bicyclic) bond motifs is 3. The topological polar surface area (TPSA) is 83.4 Å². The summed E-state index contributed by atoms with van der Waals surface area (Å²) in [6, 6.07) is 9.60. The molecule has 2 unspecified atom stereocenters. The van der Waals surface area contributed by atoms with Gasteiger partial charge >= 0.3 is 6.01 Å². The summed E-state index contributed by atoms with van der Waals surface area (Å²) < 4.78 is 37.5. The summed E-state index contributed by atoms with van der Waals surface area (Å²) in [5.41, 5.74) is 0.873. The molecule has 2 aromatic carbocycles. The number of aliphatic hydroxyl groups is 1. The highest BCUT2D eigenvalue weighted by Crippen LogP contribution is 2.40. The molecule has 3 fully saturated rings. The Bertz CT molecular complexity index is 1550. The van der Waals surface area contributed by atoms with Crippen molar-refractivity contribution in [2.24, 2.45) is 0 Å². The monoisotopic (exact) mass is 531 g/mol. The zero-order valence-corrected chi connectivity index (χ0v) is 21.7. The van der Waals surface area contributed by atoms with E-state index in [0.29, 0.717) is 47.0 Å². The van der Waals surface area contributed by atoms with Gasteiger partial charge in [0.1, 0.15) is 23.6 Å². The van der Waals surface area contributed by atoms with Crippen LogP contribution in [-0.2, 0) is 0 Å². The number of hydrogen-bond acceptors (Lipinski definition) is 7. The highest BCUT2D eigenvalue weighted by atomic mass is 19.1. The molecule has 9 heteroatoms. The van der Waals surface area contributed by atoms with E-state index in [2.05, 4.69) is 20.2 Å². The minimum Gasteiger partial charge on any atom is -0.461 e. The van der Waals surface area contributed by atoms with Gasteiger partial charge in [-0.05, 0) is 69.6 Å². The van der Waals surface area contributed by atoms with Gasteiger partial charge in [-0.25, -0.2) is 8.78 Å². The van der Waals surface area contributed by atoms with Crippen molar-refractivity contribution in [3.8, 4) is 17.3 Å². The lowest BCUT2D eigenvalue weighted by atomic mass is 9.95. The summed E-state index contributed by atoms with van der Waals surface area (Å²) in [6.07, 6.45) is 6.69. The van der Waals surface area contributed by atoms with E-state index in [1.807, 2.05) is 0 Å². The number of aromatic nitrogens is 3. The van der Waals surface area contributed by atoms with Gasteiger partial charge in [0.05, 0.1) is 23.4 Å². The van der Waals surface area contributed by atoms with E-state index in [1.54, 1.807) is 30.3 Å². The number of rotatable bonds is 5. The first kappa shape index (κ1) is 24.7. The minimum atomic E-state index is -0.682. The number of aliphatic hydroxyl groups excluding tert-OH is 1. The third kappa shape index (κ3) is 4.15. The molecule has 7 rings (SSSR count). The van der Waals surface area contributed by atoms with Crippen LogP contribution in [-0.4, -0.2) is 62.8 Å². The predicted octanol–water partition coefficient (Wildman–Crippen LogP) is 4.92. The van der Waals surface area contributed by atoms with Crippen LogP contribution < -0.4 is 10.1 Å². The van der Waals surface area contributed by atoms with Gasteiger partial charge in [0.2, 0.25) is 0 Å². The molecule has 0 radical (unpaired) electrons. The van der Waals surface area contributed by atoms with Crippen molar-refractivity contribution >= 4 is 21.7 Å². The van der Waals surface area contributed by atoms with Gasteiger partial charge < -0.3 is 15.2 Å². The van der Waals surface area contributed by atoms with Crippen LogP contribution in [0.5, 0.6) is 6.01 Å². The lowest BCUT2D eigenvalue weighted by Gasteiger charge is -2.32. The number of piperidine rings is 1. The van der Waals surface area contributed by atoms with Crippen molar-refractivity contribution in [2.75, 3.05) is 26.2 Å². The summed E-state index contributed by atoms with van der Waals surface area (Å²) in [4.78, 5) is 16.2. The van der Waals surface area contributed by atoms with Crippen LogP contribution in [0.4, 0.5) is 8.78 Å². The molecule has 5 heterocycles. The second kappa shape index (κ2) is 9.73. The van der Waals surface area contributed by atoms with E-state index in [-0.39, 0.29) is 22.8 Å². The van der Waals surface area contributed by atoms with Gasteiger partial charge in [0.25, 0.3) is 0 Å². The second-order valence-corrected chi connectivity index (χ2v) is 11.1. The molecule has 0 spiro atoms. The van der Waals surface area contributed by atoms with Gasteiger partial charge in [0, 0.05) is 22.5 Å². The Balaban J connectivity index is 1.36. The van der Waals surface area contributed by atoms with Crippen molar-refractivity contribution in [1.82, 2.24) is 25.2 Å². The molecular formula is C30H31F2N5O2. The van der Waals surface area contributed by atoms with E-state index in [9.17, 15) is 9.50 Å². The summed E-state index contributed by atoms with van der Waals surface area (Å²) in [5, 5.41) is 15.5. The van der Waals surface area contributed by atoms with E-state index in [4.69, 9.17) is 9.72 Å². The fourth-order valence-electron chi connectivity index (χ4n) is 6.85. The molecule has 0 bridgehead atoms. The number of nitrogens with one attached hydrogen (secondary N) is 1. The number of halogens is 2. The van der Waals surface area contributed by atoms with Gasteiger partial charge in [0.15, 0.2) is 5.82 Å². The van der Waals surface area contributed by atoms with Crippen molar-refractivity contribution < 1.29 is 18.6 Å². The van der Waals surface area contributed by atoms with Crippen LogP contribution in [0.25, 0.3) is 32.9 Å². The molecule has 0 saturated carbocycles. The average Bonchev–Trinajstić information content (AvgIpc) is 3.53. The smallest absolute Gasteiger partial charge is 0.317 e. The van der Waals surface area contributed by atoms with Crippen molar-refractivity contribution in [3.05, 3.63) is 59.9 Å². The summed E-state index contributed by atoms with van der Waals surface area (Å²) >= 11 is 0. The zero-order chi connectivity index (χ0) is 26.6. The van der Waals surface area contributed by atoms with Gasteiger partial charge in [-0.15, -0.1) is 0 Å². The Morgan fingerprint density at radius 1 is 1.05 bits per heavy atom. The molecule has 3 aliphatic heterocycles. The normalized spacial score (nSPS) is 22.9. The Hall–Kier alpha value is -3.27. The number of benzene rings is 2. The number of pyridine rings is 1. The quantitative estimate of drug-likeness (QED) is 0.378. The molecule has 2 N–H and O–H groups in total. The minimum absolute atomic E-state index is 0.0160. The van der Waals surface area contributed by atoms with Crippen LogP contribution in [0.3, 0.4) is 0 Å². The predicted molar refractivity (Wildman–Crippen MR) is 144 cm³/mol. The third-order valence-corrected chi connectivity index (χ3v) is 8.80. The number of ether oxygens (including phenoxy) is 1. The van der Waals surface area contributed by atoms with Crippen LogP contribution in [0, 0.1) is 11.6 Å². The molecule has 3 aliphatic rings. The highest BCUT2D eigenvalue weighted by molar-refractivity contribution is 5.98. The molecule has 2 aromatic heterocycles. The molecule has 2 atom stereocenters. The SMILES string of the molecule is OC1CCCNC1c1nc(OCC23CCCN2CCC3)nc2c(F)c(-c3cccc4cccc(F)c34)ncc12. The second-order valence-electron chi connectivity index (χ2n) is 11.1. The van der Waals surface area contributed by atoms with E-state index < -0.39 is 23.8 Å². The maximum atomic E-state index is 16.4. The van der Waals surface area contributed by atoms with Gasteiger partial charge in [-0.3, -0.25) is 9.88 Å². The highest BCUT2D eigenvalue weighted by Gasteiger charge is 2.45. The van der Waals surface area contributed by atoms with Crippen molar-refractivity contribution in [2.45, 2.75) is 56.2 Å². The fraction of sp³-hybridized carbons (Fsp3) is 0.433.